The highest BCUT2D eigenvalue weighted by atomic mass is 32.2. The second-order valence-corrected chi connectivity index (χ2v) is 7.92. The summed E-state index contributed by atoms with van der Waals surface area (Å²) in [6, 6.07) is -0.913. The van der Waals surface area contributed by atoms with Gasteiger partial charge in [0.2, 0.25) is 10.0 Å². The maximum Gasteiger partial charge on any atom is 0.322 e. The van der Waals surface area contributed by atoms with Crippen LogP contribution in [0.1, 0.15) is 34.1 Å². The summed E-state index contributed by atoms with van der Waals surface area (Å²) in [6.07, 6.45) is 0.603. The van der Waals surface area contributed by atoms with Crippen LogP contribution in [0.2, 0.25) is 0 Å². The number of carboxylic acid groups (broad SMARTS) is 1. The molecule has 0 aromatic rings. The number of nitrogens with zero attached hydrogens (tertiary/aromatic N) is 1. The molecule has 1 aliphatic rings. The van der Waals surface area contributed by atoms with Gasteiger partial charge in [-0.05, 0) is 33.1 Å². The summed E-state index contributed by atoms with van der Waals surface area (Å²) in [7, 11) is -3.55. The van der Waals surface area contributed by atoms with E-state index in [1.807, 2.05) is 0 Å². The smallest absolute Gasteiger partial charge is 0.322 e. The molecule has 0 aromatic carbocycles. The van der Waals surface area contributed by atoms with Crippen molar-refractivity contribution in [2.24, 2.45) is 5.92 Å². The molecule has 0 spiro atoms. The van der Waals surface area contributed by atoms with Crippen LogP contribution in [-0.2, 0) is 14.8 Å². The van der Waals surface area contributed by atoms with Crippen molar-refractivity contribution in [3.63, 3.8) is 0 Å². The number of hydrogen-bond acceptors (Lipinski definition) is 3. The Hall–Kier alpha value is -0.620. The fourth-order valence-electron chi connectivity index (χ4n) is 1.90. The number of sulfonamides is 1. The van der Waals surface area contributed by atoms with Crippen LogP contribution in [0.15, 0.2) is 0 Å². The Labute approximate surface area is 96.5 Å². The number of aliphatic carboxylic acids is 1. The first-order valence-corrected chi connectivity index (χ1v) is 6.77. The Bertz CT molecular complexity index is 382. The summed E-state index contributed by atoms with van der Waals surface area (Å²) >= 11 is 0. The summed E-state index contributed by atoms with van der Waals surface area (Å²) in [4.78, 5) is 11.1. The van der Waals surface area contributed by atoms with Crippen LogP contribution in [0.4, 0.5) is 0 Å². The molecule has 1 heterocycles. The van der Waals surface area contributed by atoms with E-state index in [4.69, 9.17) is 5.11 Å². The lowest BCUT2D eigenvalue weighted by atomic mass is 10.0. The van der Waals surface area contributed by atoms with Gasteiger partial charge in [-0.2, -0.15) is 4.31 Å². The molecule has 16 heavy (non-hydrogen) atoms. The van der Waals surface area contributed by atoms with Gasteiger partial charge in [-0.1, -0.05) is 6.92 Å². The molecule has 1 N–H and O–H groups in total. The second-order valence-electron chi connectivity index (χ2n) is 5.28. The Morgan fingerprint density at radius 1 is 1.38 bits per heavy atom. The highest BCUT2D eigenvalue weighted by Gasteiger charge is 2.47. The largest absolute Gasteiger partial charge is 0.480 e. The van der Waals surface area contributed by atoms with Crippen molar-refractivity contribution in [2.75, 3.05) is 6.54 Å². The fourth-order valence-corrected chi connectivity index (χ4v) is 3.55. The molecule has 0 bridgehead atoms. The van der Waals surface area contributed by atoms with E-state index in [9.17, 15) is 13.2 Å². The first kappa shape index (κ1) is 13.4. The summed E-state index contributed by atoms with van der Waals surface area (Å²) in [5.74, 6) is -1.19. The third-order valence-electron chi connectivity index (χ3n) is 2.99. The van der Waals surface area contributed by atoms with Crippen LogP contribution in [0.25, 0.3) is 0 Å². The van der Waals surface area contributed by atoms with Gasteiger partial charge in [0.25, 0.3) is 0 Å². The van der Waals surface area contributed by atoms with E-state index < -0.39 is 26.8 Å². The molecule has 2 unspecified atom stereocenters. The zero-order chi connectivity index (χ0) is 12.7. The molecule has 6 heteroatoms. The quantitative estimate of drug-likeness (QED) is 0.789. The Morgan fingerprint density at radius 3 is 2.25 bits per heavy atom. The van der Waals surface area contributed by atoms with E-state index in [0.29, 0.717) is 13.0 Å². The number of carboxylic acids is 1. The maximum atomic E-state index is 12.2. The van der Waals surface area contributed by atoms with Crippen LogP contribution in [0.5, 0.6) is 0 Å². The van der Waals surface area contributed by atoms with Gasteiger partial charge in [0, 0.05) is 6.54 Å². The average molecular weight is 249 g/mol. The van der Waals surface area contributed by atoms with E-state index in [-0.39, 0.29) is 5.92 Å². The SMILES string of the molecule is CC1CCN(S(=O)(=O)C(C)(C)C)C1C(=O)O. The van der Waals surface area contributed by atoms with Crippen LogP contribution in [0.3, 0.4) is 0 Å². The minimum atomic E-state index is -3.55. The summed E-state index contributed by atoms with van der Waals surface area (Å²) in [6.45, 7) is 6.84. The van der Waals surface area contributed by atoms with Crippen LogP contribution in [-0.4, -0.2) is 41.1 Å². The van der Waals surface area contributed by atoms with Crippen LogP contribution >= 0.6 is 0 Å². The molecule has 1 saturated heterocycles. The third kappa shape index (κ3) is 2.08. The van der Waals surface area contributed by atoms with Gasteiger partial charge in [-0.25, -0.2) is 8.42 Å². The Morgan fingerprint density at radius 2 is 1.88 bits per heavy atom. The van der Waals surface area contributed by atoms with E-state index in [2.05, 4.69) is 0 Å². The normalized spacial score (nSPS) is 28.2. The van der Waals surface area contributed by atoms with Crippen LogP contribution < -0.4 is 0 Å². The standard InChI is InChI=1S/C10H19NO4S/c1-7-5-6-11(8(7)9(12)13)16(14,15)10(2,3)4/h7-8H,5-6H2,1-4H3,(H,12,13). The molecule has 1 fully saturated rings. The maximum absolute atomic E-state index is 12.2. The second kappa shape index (κ2) is 4.00. The van der Waals surface area contributed by atoms with Crippen molar-refractivity contribution >= 4 is 16.0 Å². The van der Waals surface area contributed by atoms with Crippen molar-refractivity contribution < 1.29 is 18.3 Å². The topological polar surface area (TPSA) is 74.7 Å². The molecule has 0 aliphatic carbocycles. The minimum absolute atomic E-state index is 0.130. The first-order chi connectivity index (χ1) is 7.09. The lowest BCUT2D eigenvalue weighted by molar-refractivity contribution is -0.141. The zero-order valence-corrected chi connectivity index (χ0v) is 10.9. The van der Waals surface area contributed by atoms with Gasteiger partial charge in [0.05, 0.1) is 4.75 Å². The number of hydrogen-bond donors (Lipinski definition) is 1. The molecule has 0 amide bonds. The zero-order valence-electron chi connectivity index (χ0n) is 10.1. The Balaban J connectivity index is 3.11. The van der Waals surface area contributed by atoms with Crippen molar-refractivity contribution in [3.05, 3.63) is 0 Å². The predicted octanol–water partition coefficient (Wildman–Crippen LogP) is 0.910. The molecule has 1 aliphatic heterocycles. The third-order valence-corrected chi connectivity index (χ3v) is 5.56. The van der Waals surface area contributed by atoms with Crippen molar-refractivity contribution in [3.8, 4) is 0 Å². The minimum Gasteiger partial charge on any atom is -0.480 e. The molecule has 0 saturated carbocycles. The molecule has 0 aromatic heterocycles. The average Bonchev–Trinajstić information content (AvgIpc) is 2.45. The van der Waals surface area contributed by atoms with Crippen molar-refractivity contribution in [2.45, 2.75) is 44.9 Å². The lowest BCUT2D eigenvalue weighted by Crippen LogP contribution is -2.49. The summed E-state index contributed by atoms with van der Waals surface area (Å²) in [5, 5.41) is 9.08. The molecular weight excluding hydrogens is 230 g/mol. The van der Waals surface area contributed by atoms with Gasteiger partial charge >= 0.3 is 5.97 Å². The molecule has 94 valence electrons. The van der Waals surface area contributed by atoms with E-state index >= 15 is 0 Å². The van der Waals surface area contributed by atoms with E-state index in [0.717, 1.165) is 4.31 Å². The Kier molecular flexibility index (Phi) is 3.36. The van der Waals surface area contributed by atoms with Crippen LogP contribution in [0, 0.1) is 5.92 Å². The lowest BCUT2D eigenvalue weighted by Gasteiger charge is -2.30. The van der Waals surface area contributed by atoms with Gasteiger partial charge in [-0.3, -0.25) is 4.79 Å². The van der Waals surface area contributed by atoms with E-state index in [1.165, 1.54) is 0 Å². The molecule has 1 rings (SSSR count). The van der Waals surface area contributed by atoms with E-state index in [1.54, 1.807) is 27.7 Å². The molecule has 0 radical (unpaired) electrons. The van der Waals surface area contributed by atoms with Gasteiger partial charge in [-0.15, -0.1) is 0 Å². The van der Waals surface area contributed by atoms with Crippen molar-refractivity contribution in [1.29, 1.82) is 0 Å². The molecular formula is C10H19NO4S. The highest BCUT2D eigenvalue weighted by molar-refractivity contribution is 7.90. The van der Waals surface area contributed by atoms with Gasteiger partial charge in [0.1, 0.15) is 6.04 Å². The molecule has 5 nitrogen and oxygen atoms in total. The summed E-state index contributed by atoms with van der Waals surface area (Å²) < 4.78 is 24.5. The van der Waals surface area contributed by atoms with Gasteiger partial charge in [0.15, 0.2) is 0 Å². The summed E-state index contributed by atoms with van der Waals surface area (Å²) in [5.41, 5.74) is 0. The monoisotopic (exact) mass is 249 g/mol. The first-order valence-electron chi connectivity index (χ1n) is 5.33. The highest BCUT2D eigenvalue weighted by Crippen LogP contribution is 2.31. The van der Waals surface area contributed by atoms with Gasteiger partial charge < -0.3 is 5.11 Å². The molecule has 2 atom stereocenters. The van der Waals surface area contributed by atoms with Crippen molar-refractivity contribution in [1.82, 2.24) is 4.31 Å². The number of carbonyl (C=O) groups is 1. The fraction of sp³-hybridized carbons (Fsp3) is 0.900. The predicted molar refractivity (Wildman–Crippen MR) is 60.6 cm³/mol. The number of rotatable bonds is 2.